The largest absolute Gasteiger partial charge is 0.325 e. The molecule has 1 aromatic rings. The highest BCUT2D eigenvalue weighted by molar-refractivity contribution is 8.13. The van der Waals surface area contributed by atoms with E-state index in [9.17, 15) is 4.79 Å². The summed E-state index contributed by atoms with van der Waals surface area (Å²) in [6.45, 7) is 2.86. The quantitative estimate of drug-likeness (QED) is 0.908. The first-order valence-corrected chi connectivity index (χ1v) is 8.42. The molecule has 1 aliphatic heterocycles. The van der Waals surface area contributed by atoms with E-state index in [1.54, 1.807) is 11.8 Å². The van der Waals surface area contributed by atoms with Crippen LogP contribution in [0.15, 0.2) is 23.2 Å². The Balaban J connectivity index is 1.74. The van der Waals surface area contributed by atoms with Gasteiger partial charge in [0.05, 0.1) is 11.0 Å². The summed E-state index contributed by atoms with van der Waals surface area (Å²) in [6.07, 6.45) is 5.53. The first-order valence-electron chi connectivity index (χ1n) is 7.20. The summed E-state index contributed by atoms with van der Waals surface area (Å²) in [5.74, 6) is 0.297. The van der Waals surface area contributed by atoms with E-state index in [4.69, 9.17) is 0 Å². The first kappa shape index (κ1) is 13.7. The molecule has 1 aliphatic carbocycles. The second-order valence-electron chi connectivity index (χ2n) is 5.66. The van der Waals surface area contributed by atoms with Crippen LogP contribution < -0.4 is 5.32 Å². The summed E-state index contributed by atoms with van der Waals surface area (Å²) >= 11 is 1.59. The number of amides is 1. The Kier molecular flexibility index (Phi) is 3.83. The van der Waals surface area contributed by atoms with Gasteiger partial charge in [0.15, 0.2) is 0 Å². The average molecular weight is 288 g/mol. The van der Waals surface area contributed by atoms with Gasteiger partial charge in [-0.15, -0.1) is 11.8 Å². The van der Waals surface area contributed by atoms with Gasteiger partial charge in [-0.1, -0.05) is 13.0 Å². The fourth-order valence-electron chi connectivity index (χ4n) is 3.11. The summed E-state index contributed by atoms with van der Waals surface area (Å²) in [4.78, 5) is 16.9. The van der Waals surface area contributed by atoms with Crippen molar-refractivity contribution in [2.45, 2.75) is 26.2 Å². The van der Waals surface area contributed by atoms with Crippen molar-refractivity contribution in [3.05, 3.63) is 29.3 Å². The number of thioether (sulfide) groups is 1. The number of nitrogens with zero attached hydrogens (tertiary/aromatic N) is 1. The van der Waals surface area contributed by atoms with Gasteiger partial charge in [-0.3, -0.25) is 9.79 Å². The highest BCUT2D eigenvalue weighted by atomic mass is 32.2. The predicted octanol–water partition coefficient (Wildman–Crippen LogP) is 3.14. The fraction of sp³-hybridized carbons (Fsp3) is 0.500. The van der Waals surface area contributed by atoms with E-state index in [1.807, 2.05) is 12.3 Å². The minimum Gasteiger partial charge on any atom is -0.325 e. The third-order valence-electron chi connectivity index (χ3n) is 4.23. The minimum atomic E-state index is -0.0849. The number of hydrogen-bond donors (Lipinski definition) is 1. The third kappa shape index (κ3) is 2.49. The number of fused-ring (bicyclic) bond motifs is 1. The molecular weight excluding hydrogens is 268 g/mol. The Morgan fingerprint density at radius 3 is 2.95 bits per heavy atom. The Hall–Kier alpha value is -1.29. The molecule has 3 rings (SSSR count). The van der Waals surface area contributed by atoms with Gasteiger partial charge in [0, 0.05) is 12.2 Å². The molecule has 106 valence electrons. The molecule has 1 aromatic carbocycles. The molecule has 2 unspecified atom stereocenters. The highest BCUT2D eigenvalue weighted by Crippen LogP contribution is 2.29. The lowest BCUT2D eigenvalue weighted by atomic mass is 9.96. The summed E-state index contributed by atoms with van der Waals surface area (Å²) in [5, 5.41) is 4.04. The van der Waals surface area contributed by atoms with Crippen LogP contribution in [0.1, 0.15) is 24.5 Å². The van der Waals surface area contributed by atoms with E-state index in [0.29, 0.717) is 5.92 Å². The van der Waals surface area contributed by atoms with Crippen LogP contribution in [0.2, 0.25) is 0 Å². The van der Waals surface area contributed by atoms with Gasteiger partial charge in [0.2, 0.25) is 5.91 Å². The number of benzene rings is 1. The average Bonchev–Trinajstić information content (AvgIpc) is 3.04. The maximum atomic E-state index is 12.5. The zero-order valence-electron chi connectivity index (χ0n) is 12.0. The maximum absolute atomic E-state index is 12.5. The van der Waals surface area contributed by atoms with Crippen molar-refractivity contribution in [2.75, 3.05) is 18.1 Å². The summed E-state index contributed by atoms with van der Waals surface area (Å²) in [6, 6.07) is 6.31. The monoisotopic (exact) mass is 288 g/mol. The molecule has 4 heteroatoms. The number of carbonyl (C=O) groups excluding carboxylic acids is 1. The Morgan fingerprint density at radius 2 is 2.15 bits per heavy atom. The van der Waals surface area contributed by atoms with Crippen molar-refractivity contribution in [1.29, 1.82) is 0 Å². The summed E-state index contributed by atoms with van der Waals surface area (Å²) < 4.78 is 0. The van der Waals surface area contributed by atoms with Gasteiger partial charge >= 0.3 is 0 Å². The molecule has 0 saturated heterocycles. The normalized spacial score (nSPS) is 24.4. The van der Waals surface area contributed by atoms with Crippen molar-refractivity contribution in [1.82, 2.24) is 0 Å². The molecule has 0 saturated carbocycles. The third-order valence-corrected chi connectivity index (χ3v) is 5.03. The lowest BCUT2D eigenvalue weighted by Crippen LogP contribution is -2.30. The lowest BCUT2D eigenvalue weighted by molar-refractivity contribution is -0.118. The van der Waals surface area contributed by atoms with E-state index in [1.165, 1.54) is 24.0 Å². The highest BCUT2D eigenvalue weighted by Gasteiger charge is 2.34. The van der Waals surface area contributed by atoms with Crippen LogP contribution in [0.5, 0.6) is 0 Å². The molecule has 2 atom stereocenters. The number of anilines is 1. The number of aryl methyl sites for hydroxylation is 2. The molecule has 3 nitrogen and oxygen atoms in total. The number of rotatable bonds is 2. The van der Waals surface area contributed by atoms with Crippen LogP contribution in [0.25, 0.3) is 0 Å². The van der Waals surface area contributed by atoms with Gasteiger partial charge in [-0.2, -0.15) is 0 Å². The molecule has 0 spiro atoms. The molecule has 0 bridgehead atoms. The standard InChI is InChI=1S/C16H20N2OS/c1-10-9-17-16(20-2)14(10)15(19)18-13-7-6-11-4-3-5-12(11)8-13/h6-8,10,14H,3-5,9H2,1-2H3,(H,18,19). The maximum Gasteiger partial charge on any atom is 0.234 e. The van der Waals surface area contributed by atoms with Gasteiger partial charge in [0.25, 0.3) is 0 Å². The van der Waals surface area contributed by atoms with E-state index in [0.717, 1.165) is 23.7 Å². The molecular formula is C16H20N2OS. The molecule has 1 heterocycles. The number of nitrogens with one attached hydrogen (secondary N) is 1. The predicted molar refractivity (Wildman–Crippen MR) is 85.6 cm³/mol. The molecule has 0 radical (unpaired) electrons. The van der Waals surface area contributed by atoms with Crippen LogP contribution in [0, 0.1) is 11.8 Å². The second-order valence-corrected chi connectivity index (χ2v) is 6.49. The lowest BCUT2D eigenvalue weighted by Gasteiger charge is -2.17. The van der Waals surface area contributed by atoms with Crippen molar-refractivity contribution in [3.8, 4) is 0 Å². The topological polar surface area (TPSA) is 41.5 Å². The molecule has 0 aromatic heterocycles. The van der Waals surface area contributed by atoms with Crippen LogP contribution in [0.3, 0.4) is 0 Å². The fourth-order valence-corrected chi connectivity index (χ4v) is 3.91. The molecule has 1 amide bonds. The SMILES string of the molecule is CSC1=NCC(C)C1C(=O)Nc1ccc2c(c1)CCC2. The Morgan fingerprint density at radius 1 is 1.35 bits per heavy atom. The molecule has 20 heavy (non-hydrogen) atoms. The van der Waals surface area contributed by atoms with E-state index >= 15 is 0 Å². The first-order chi connectivity index (χ1) is 9.69. The van der Waals surface area contributed by atoms with E-state index < -0.39 is 0 Å². The van der Waals surface area contributed by atoms with Crippen LogP contribution >= 0.6 is 11.8 Å². The Bertz CT molecular complexity index is 568. The smallest absolute Gasteiger partial charge is 0.234 e. The minimum absolute atomic E-state index is 0.0843. The molecule has 2 aliphatic rings. The van der Waals surface area contributed by atoms with Gasteiger partial charge < -0.3 is 5.32 Å². The van der Waals surface area contributed by atoms with Crippen molar-refractivity contribution in [3.63, 3.8) is 0 Å². The Labute approximate surface area is 124 Å². The summed E-state index contributed by atoms with van der Waals surface area (Å²) in [5.41, 5.74) is 3.75. The molecule has 0 fully saturated rings. The van der Waals surface area contributed by atoms with Gasteiger partial charge in [0.1, 0.15) is 0 Å². The van der Waals surface area contributed by atoms with E-state index in [-0.39, 0.29) is 11.8 Å². The van der Waals surface area contributed by atoms with Gasteiger partial charge in [-0.25, -0.2) is 0 Å². The summed E-state index contributed by atoms with van der Waals surface area (Å²) in [7, 11) is 0. The van der Waals surface area contributed by atoms with Gasteiger partial charge in [-0.05, 0) is 54.7 Å². The van der Waals surface area contributed by atoms with Crippen molar-refractivity contribution < 1.29 is 4.79 Å². The van der Waals surface area contributed by atoms with Crippen LogP contribution in [0.4, 0.5) is 5.69 Å². The number of hydrogen-bond acceptors (Lipinski definition) is 3. The van der Waals surface area contributed by atoms with Crippen LogP contribution in [-0.2, 0) is 17.6 Å². The van der Waals surface area contributed by atoms with Crippen LogP contribution in [-0.4, -0.2) is 23.8 Å². The van der Waals surface area contributed by atoms with E-state index in [2.05, 4.69) is 29.4 Å². The molecule has 1 N–H and O–H groups in total. The number of aliphatic imine (C=N–C) groups is 1. The second kappa shape index (κ2) is 5.60. The zero-order valence-corrected chi connectivity index (χ0v) is 12.8. The zero-order chi connectivity index (χ0) is 14.1. The number of carbonyl (C=O) groups is 1. The van der Waals surface area contributed by atoms with Crippen molar-refractivity contribution >= 4 is 28.4 Å². The van der Waals surface area contributed by atoms with Crippen molar-refractivity contribution in [2.24, 2.45) is 16.8 Å².